The van der Waals surface area contributed by atoms with Gasteiger partial charge < -0.3 is 9.47 Å². The molecule has 0 amide bonds. The Hall–Kier alpha value is -2.91. The molecule has 1 heterocycles. The molecule has 5 rings (SSSR count). The molecule has 0 aromatic heterocycles. The smallest absolute Gasteiger partial charge is 0.198 e. The lowest BCUT2D eigenvalue weighted by molar-refractivity contribution is -0.110. The SMILES string of the molecule is O=C1C2=Cc3ccccc3C2=CC(OCC2CO2)=C1c1ccccc1. The summed E-state index contributed by atoms with van der Waals surface area (Å²) in [5.74, 6) is 0.655. The number of epoxide rings is 1. The van der Waals surface area contributed by atoms with Gasteiger partial charge in [-0.3, -0.25) is 4.79 Å². The van der Waals surface area contributed by atoms with Gasteiger partial charge >= 0.3 is 0 Å². The molecule has 0 spiro atoms. The van der Waals surface area contributed by atoms with Crippen molar-refractivity contribution >= 4 is 23.0 Å². The van der Waals surface area contributed by atoms with E-state index in [1.54, 1.807) is 0 Å². The van der Waals surface area contributed by atoms with Crippen LogP contribution in [0.2, 0.25) is 0 Å². The Morgan fingerprint density at radius 1 is 0.960 bits per heavy atom. The van der Waals surface area contributed by atoms with Crippen molar-refractivity contribution in [1.82, 2.24) is 0 Å². The van der Waals surface area contributed by atoms with E-state index in [2.05, 4.69) is 0 Å². The molecule has 25 heavy (non-hydrogen) atoms. The molecule has 0 saturated carbocycles. The third kappa shape index (κ3) is 2.44. The second-order valence-electron chi connectivity index (χ2n) is 6.40. The van der Waals surface area contributed by atoms with Crippen molar-refractivity contribution in [1.29, 1.82) is 0 Å². The number of benzene rings is 2. The summed E-state index contributed by atoms with van der Waals surface area (Å²) < 4.78 is 11.2. The van der Waals surface area contributed by atoms with Crippen LogP contribution in [0.15, 0.2) is 72.0 Å². The van der Waals surface area contributed by atoms with Gasteiger partial charge in [-0.25, -0.2) is 0 Å². The number of ether oxygens (including phenoxy) is 2. The molecule has 1 atom stereocenters. The molecule has 1 unspecified atom stereocenters. The van der Waals surface area contributed by atoms with Crippen molar-refractivity contribution in [2.75, 3.05) is 13.2 Å². The Bertz CT molecular complexity index is 960. The Kier molecular flexibility index (Phi) is 3.22. The van der Waals surface area contributed by atoms with Gasteiger partial charge in [0.25, 0.3) is 0 Å². The molecular weight excluding hydrogens is 312 g/mol. The van der Waals surface area contributed by atoms with Gasteiger partial charge in [0, 0.05) is 5.57 Å². The summed E-state index contributed by atoms with van der Waals surface area (Å²) in [5.41, 5.74) is 5.37. The Labute approximate surface area is 145 Å². The largest absolute Gasteiger partial charge is 0.490 e. The van der Waals surface area contributed by atoms with E-state index in [4.69, 9.17) is 9.47 Å². The van der Waals surface area contributed by atoms with E-state index in [0.29, 0.717) is 17.9 Å². The van der Waals surface area contributed by atoms with Crippen molar-refractivity contribution in [2.45, 2.75) is 6.10 Å². The number of hydrogen-bond donors (Lipinski definition) is 0. The van der Waals surface area contributed by atoms with Crippen molar-refractivity contribution in [3.63, 3.8) is 0 Å². The lowest BCUT2D eigenvalue weighted by Gasteiger charge is -2.20. The molecule has 0 radical (unpaired) electrons. The van der Waals surface area contributed by atoms with Gasteiger partial charge in [0.2, 0.25) is 0 Å². The molecule has 1 saturated heterocycles. The molecular formula is C22H16O3. The molecule has 3 aliphatic rings. The molecule has 3 heteroatoms. The van der Waals surface area contributed by atoms with Crippen molar-refractivity contribution in [2.24, 2.45) is 0 Å². The fourth-order valence-corrected chi connectivity index (χ4v) is 3.38. The molecule has 1 fully saturated rings. The summed E-state index contributed by atoms with van der Waals surface area (Å²) in [4.78, 5) is 13.3. The first-order valence-corrected chi connectivity index (χ1v) is 8.43. The van der Waals surface area contributed by atoms with Crippen molar-refractivity contribution < 1.29 is 14.3 Å². The van der Waals surface area contributed by atoms with E-state index in [-0.39, 0.29) is 11.9 Å². The van der Waals surface area contributed by atoms with E-state index < -0.39 is 0 Å². The van der Waals surface area contributed by atoms with Crippen LogP contribution in [0.5, 0.6) is 0 Å². The molecule has 3 nitrogen and oxygen atoms in total. The number of rotatable bonds is 4. The van der Waals surface area contributed by atoms with E-state index in [1.807, 2.05) is 66.7 Å². The normalized spacial score (nSPS) is 20.6. The zero-order valence-electron chi connectivity index (χ0n) is 13.6. The Morgan fingerprint density at radius 3 is 2.52 bits per heavy atom. The van der Waals surface area contributed by atoms with Crippen LogP contribution in [0.3, 0.4) is 0 Å². The maximum Gasteiger partial charge on any atom is 0.198 e. The number of ketones is 1. The Balaban J connectivity index is 1.65. The van der Waals surface area contributed by atoms with Gasteiger partial charge in [-0.05, 0) is 34.4 Å². The lowest BCUT2D eigenvalue weighted by atomic mass is 9.87. The number of allylic oxidation sites excluding steroid dienone is 4. The van der Waals surface area contributed by atoms with Crippen LogP contribution >= 0.6 is 0 Å². The number of fused-ring (bicyclic) bond motifs is 3. The van der Waals surface area contributed by atoms with E-state index in [0.717, 1.165) is 34.4 Å². The molecule has 2 aromatic carbocycles. The van der Waals surface area contributed by atoms with Crippen LogP contribution in [-0.4, -0.2) is 25.1 Å². The van der Waals surface area contributed by atoms with Gasteiger partial charge in [-0.15, -0.1) is 0 Å². The van der Waals surface area contributed by atoms with E-state index in [9.17, 15) is 4.79 Å². The summed E-state index contributed by atoms with van der Waals surface area (Å²) in [5, 5.41) is 0. The highest BCUT2D eigenvalue weighted by Gasteiger charge is 2.34. The lowest BCUT2D eigenvalue weighted by Crippen LogP contribution is -2.15. The highest BCUT2D eigenvalue weighted by molar-refractivity contribution is 6.39. The number of hydrogen-bond acceptors (Lipinski definition) is 3. The van der Waals surface area contributed by atoms with Gasteiger partial charge in [-0.1, -0.05) is 54.6 Å². The first kappa shape index (κ1) is 14.4. The van der Waals surface area contributed by atoms with Gasteiger partial charge in [-0.2, -0.15) is 0 Å². The fourth-order valence-electron chi connectivity index (χ4n) is 3.38. The first-order chi connectivity index (χ1) is 12.3. The number of carbonyl (C=O) groups is 1. The Morgan fingerprint density at radius 2 is 1.72 bits per heavy atom. The summed E-state index contributed by atoms with van der Waals surface area (Å²) in [6.45, 7) is 1.20. The van der Waals surface area contributed by atoms with Crippen LogP contribution in [0.25, 0.3) is 17.2 Å². The van der Waals surface area contributed by atoms with Gasteiger partial charge in [0.05, 0.1) is 12.2 Å². The molecule has 2 aliphatic carbocycles. The first-order valence-electron chi connectivity index (χ1n) is 8.43. The monoisotopic (exact) mass is 328 g/mol. The van der Waals surface area contributed by atoms with Crippen LogP contribution in [0.4, 0.5) is 0 Å². The average Bonchev–Trinajstić information content (AvgIpc) is 3.41. The predicted molar refractivity (Wildman–Crippen MR) is 96.5 cm³/mol. The van der Waals surface area contributed by atoms with Crippen molar-refractivity contribution in [3.05, 3.63) is 88.7 Å². The summed E-state index contributed by atoms with van der Waals surface area (Å²) in [6, 6.07) is 17.8. The molecule has 0 bridgehead atoms. The van der Waals surface area contributed by atoms with Gasteiger partial charge in [0.15, 0.2) is 5.78 Å². The number of Topliss-reactive ketones (excluding diaryl/α,β-unsaturated/α-hetero) is 1. The maximum absolute atomic E-state index is 13.3. The molecule has 0 N–H and O–H groups in total. The summed E-state index contributed by atoms with van der Waals surface area (Å²) in [6.07, 6.45) is 4.13. The molecule has 122 valence electrons. The van der Waals surface area contributed by atoms with Crippen LogP contribution in [0, 0.1) is 0 Å². The zero-order valence-corrected chi connectivity index (χ0v) is 13.6. The average molecular weight is 328 g/mol. The minimum Gasteiger partial charge on any atom is -0.490 e. The van der Waals surface area contributed by atoms with Crippen molar-refractivity contribution in [3.8, 4) is 0 Å². The highest BCUT2D eigenvalue weighted by atomic mass is 16.6. The van der Waals surface area contributed by atoms with Crippen LogP contribution < -0.4 is 0 Å². The van der Waals surface area contributed by atoms with Crippen LogP contribution in [0.1, 0.15) is 16.7 Å². The van der Waals surface area contributed by atoms with E-state index in [1.165, 1.54) is 0 Å². The summed E-state index contributed by atoms with van der Waals surface area (Å²) in [7, 11) is 0. The topological polar surface area (TPSA) is 38.8 Å². The highest BCUT2D eigenvalue weighted by Crippen LogP contribution is 2.43. The van der Waals surface area contributed by atoms with Gasteiger partial charge in [0.1, 0.15) is 18.5 Å². The quantitative estimate of drug-likeness (QED) is 0.800. The summed E-state index contributed by atoms with van der Waals surface area (Å²) >= 11 is 0. The maximum atomic E-state index is 13.3. The van der Waals surface area contributed by atoms with Crippen LogP contribution in [-0.2, 0) is 14.3 Å². The third-order valence-electron chi connectivity index (χ3n) is 4.72. The molecule has 2 aromatic rings. The second-order valence-corrected chi connectivity index (χ2v) is 6.40. The molecule has 1 aliphatic heterocycles. The standard InChI is InChI=1S/C22H16O3/c23-22-19-10-15-8-4-5-9-17(15)18(19)11-20(25-13-16-12-24-16)21(22)14-6-2-1-3-7-14/h1-11,16H,12-13H2. The second kappa shape index (κ2) is 5.57. The minimum atomic E-state index is 0.0200. The zero-order chi connectivity index (χ0) is 16.8. The predicted octanol–water partition coefficient (Wildman–Crippen LogP) is 3.88. The third-order valence-corrected chi connectivity index (χ3v) is 4.72. The minimum absolute atomic E-state index is 0.0200. The number of carbonyl (C=O) groups excluding carboxylic acids is 1. The van der Waals surface area contributed by atoms with E-state index >= 15 is 0 Å². The fraction of sp³-hybridized carbons (Fsp3) is 0.136.